The third kappa shape index (κ3) is 3.58. The van der Waals surface area contributed by atoms with Crippen molar-refractivity contribution < 1.29 is 4.79 Å². The van der Waals surface area contributed by atoms with Gasteiger partial charge in [-0.05, 0) is 24.9 Å². The molecular weight excluding hydrogens is 334 g/mol. The van der Waals surface area contributed by atoms with Crippen molar-refractivity contribution in [1.82, 2.24) is 20.0 Å². The van der Waals surface area contributed by atoms with Gasteiger partial charge >= 0.3 is 0 Å². The minimum atomic E-state index is -0.00203. The predicted molar refractivity (Wildman–Crippen MR) is 98.7 cm³/mol. The Morgan fingerprint density at radius 2 is 2.16 bits per heavy atom. The van der Waals surface area contributed by atoms with Crippen LogP contribution in [0, 0.1) is 5.92 Å². The van der Waals surface area contributed by atoms with E-state index >= 15 is 0 Å². The van der Waals surface area contributed by atoms with E-state index in [0.29, 0.717) is 29.6 Å². The lowest BCUT2D eigenvalue weighted by Crippen LogP contribution is -2.47. The van der Waals surface area contributed by atoms with E-state index < -0.39 is 0 Å². The number of likely N-dealkylation sites (N-methyl/N-ethyl adjacent to an activating group) is 1. The number of nitrogens with one attached hydrogen (secondary N) is 1. The number of nitrogens with zero attached hydrogens (tertiary/aromatic N) is 4. The summed E-state index contributed by atoms with van der Waals surface area (Å²) in [7, 11) is 2.23. The molecule has 1 amide bonds. The first-order valence-corrected chi connectivity index (χ1v) is 9.62. The summed E-state index contributed by atoms with van der Waals surface area (Å²) in [5.41, 5.74) is 3.04. The van der Waals surface area contributed by atoms with Gasteiger partial charge in [0, 0.05) is 31.6 Å². The van der Waals surface area contributed by atoms with Crippen LogP contribution in [0.25, 0.3) is 0 Å². The van der Waals surface area contributed by atoms with E-state index in [-0.39, 0.29) is 5.91 Å². The fourth-order valence-corrected chi connectivity index (χ4v) is 4.81. The number of hydrogen-bond acceptors (Lipinski definition) is 6. The second kappa shape index (κ2) is 7.19. The van der Waals surface area contributed by atoms with Crippen LogP contribution in [0.3, 0.4) is 0 Å². The van der Waals surface area contributed by atoms with Crippen LogP contribution >= 0.6 is 11.3 Å². The summed E-state index contributed by atoms with van der Waals surface area (Å²) in [5.74, 6) is 1.12. The highest BCUT2D eigenvalue weighted by Crippen LogP contribution is 2.40. The van der Waals surface area contributed by atoms with Crippen molar-refractivity contribution in [1.29, 1.82) is 0 Å². The Morgan fingerprint density at radius 1 is 1.32 bits per heavy atom. The number of amides is 1. The average Bonchev–Trinajstić information content (AvgIpc) is 3.23. The van der Waals surface area contributed by atoms with Crippen LogP contribution in [0.1, 0.15) is 17.9 Å². The number of rotatable bonds is 4. The molecule has 1 aromatic carbocycles. The molecule has 0 radical (unpaired) electrons. The molecule has 3 heterocycles. The van der Waals surface area contributed by atoms with Crippen molar-refractivity contribution in [2.45, 2.75) is 18.4 Å². The molecule has 132 valence electrons. The molecule has 2 aliphatic heterocycles. The average molecular weight is 357 g/mol. The molecule has 4 rings (SSSR count). The third-order valence-corrected chi connectivity index (χ3v) is 6.08. The van der Waals surface area contributed by atoms with Gasteiger partial charge in [-0.25, -0.2) is 0 Å². The molecule has 0 unspecified atom stereocenters. The van der Waals surface area contributed by atoms with E-state index in [0.717, 1.165) is 26.1 Å². The molecule has 2 saturated heterocycles. The van der Waals surface area contributed by atoms with Crippen LogP contribution in [0.2, 0.25) is 0 Å². The van der Waals surface area contributed by atoms with Crippen LogP contribution in [-0.2, 0) is 4.79 Å². The molecule has 6 nitrogen and oxygen atoms in total. The zero-order valence-corrected chi connectivity index (χ0v) is 15.2. The van der Waals surface area contributed by atoms with Crippen molar-refractivity contribution in [3.05, 3.63) is 41.4 Å². The zero-order valence-electron chi connectivity index (χ0n) is 14.3. The number of anilines is 1. The smallest absolute Gasteiger partial charge is 0.240 e. The van der Waals surface area contributed by atoms with E-state index in [1.807, 2.05) is 0 Å². The van der Waals surface area contributed by atoms with Crippen LogP contribution in [-0.4, -0.2) is 65.2 Å². The summed E-state index contributed by atoms with van der Waals surface area (Å²) >= 11 is 1.35. The van der Waals surface area contributed by atoms with Gasteiger partial charge in [-0.1, -0.05) is 41.7 Å². The second-order valence-corrected chi connectivity index (χ2v) is 7.84. The molecule has 0 spiro atoms. The SMILES string of the molecule is CN1C[C@H](c2ccccc2)[C@H]2CN(CC(=O)Nc3nncs3)CC[C@H]21. The van der Waals surface area contributed by atoms with Gasteiger partial charge < -0.3 is 4.90 Å². The Hall–Kier alpha value is -1.83. The summed E-state index contributed by atoms with van der Waals surface area (Å²) in [4.78, 5) is 17.0. The molecule has 0 saturated carbocycles. The Kier molecular flexibility index (Phi) is 4.78. The zero-order chi connectivity index (χ0) is 17.2. The monoisotopic (exact) mass is 357 g/mol. The standard InChI is InChI=1S/C18H23N5OS/c1-22-9-14(13-5-3-2-4-6-13)15-10-23(8-7-16(15)22)11-17(24)20-18-21-19-12-25-18/h2-6,12,14-16H,7-11H2,1H3,(H,20,21,24)/t14-,15-,16-/m1/s1. The van der Waals surface area contributed by atoms with Gasteiger partial charge in [0.25, 0.3) is 0 Å². The number of benzene rings is 1. The molecule has 0 aliphatic carbocycles. The first-order valence-electron chi connectivity index (χ1n) is 8.74. The maximum absolute atomic E-state index is 12.3. The Bertz CT molecular complexity index is 708. The van der Waals surface area contributed by atoms with Crippen LogP contribution in [0.15, 0.2) is 35.8 Å². The molecule has 0 bridgehead atoms. The van der Waals surface area contributed by atoms with Crippen molar-refractivity contribution in [2.75, 3.05) is 38.5 Å². The molecule has 1 N–H and O–H groups in total. The van der Waals surface area contributed by atoms with E-state index in [9.17, 15) is 4.79 Å². The van der Waals surface area contributed by atoms with Crippen LogP contribution in [0.4, 0.5) is 5.13 Å². The summed E-state index contributed by atoms with van der Waals surface area (Å²) in [5, 5.41) is 11.0. The lowest BCUT2D eigenvalue weighted by Gasteiger charge is -2.38. The van der Waals surface area contributed by atoms with E-state index in [4.69, 9.17) is 0 Å². The molecule has 25 heavy (non-hydrogen) atoms. The molecule has 2 fully saturated rings. The summed E-state index contributed by atoms with van der Waals surface area (Å²) < 4.78 is 0. The number of piperidine rings is 1. The lowest BCUT2D eigenvalue weighted by molar-refractivity contribution is -0.117. The van der Waals surface area contributed by atoms with Crippen molar-refractivity contribution in [3.63, 3.8) is 0 Å². The van der Waals surface area contributed by atoms with Gasteiger partial charge in [0.05, 0.1) is 6.54 Å². The Morgan fingerprint density at radius 3 is 2.92 bits per heavy atom. The number of carbonyl (C=O) groups is 1. The number of carbonyl (C=O) groups excluding carboxylic acids is 1. The molecule has 2 aliphatic rings. The minimum absolute atomic E-state index is 0.00203. The molecule has 3 atom stereocenters. The highest BCUT2D eigenvalue weighted by atomic mass is 32.1. The van der Waals surface area contributed by atoms with Crippen LogP contribution < -0.4 is 5.32 Å². The Balaban J connectivity index is 1.41. The number of aromatic nitrogens is 2. The molecule has 7 heteroatoms. The van der Waals surface area contributed by atoms with Gasteiger partial charge in [-0.2, -0.15) is 0 Å². The summed E-state index contributed by atoms with van der Waals surface area (Å²) in [6.45, 7) is 3.47. The number of fused-ring (bicyclic) bond motifs is 1. The first kappa shape index (κ1) is 16.6. The van der Waals surface area contributed by atoms with Crippen molar-refractivity contribution >= 4 is 22.4 Å². The third-order valence-electron chi connectivity index (χ3n) is 5.47. The topological polar surface area (TPSA) is 61.4 Å². The minimum Gasteiger partial charge on any atom is -0.302 e. The van der Waals surface area contributed by atoms with Crippen molar-refractivity contribution in [3.8, 4) is 0 Å². The maximum Gasteiger partial charge on any atom is 0.240 e. The molecule has 2 aromatic rings. The van der Waals surface area contributed by atoms with E-state index in [1.54, 1.807) is 5.51 Å². The maximum atomic E-state index is 12.3. The van der Waals surface area contributed by atoms with Gasteiger partial charge in [0.2, 0.25) is 11.0 Å². The van der Waals surface area contributed by atoms with Crippen LogP contribution in [0.5, 0.6) is 0 Å². The lowest BCUT2D eigenvalue weighted by atomic mass is 9.82. The second-order valence-electron chi connectivity index (χ2n) is 7.00. The van der Waals surface area contributed by atoms with Gasteiger partial charge in [-0.15, -0.1) is 10.2 Å². The normalized spacial score (nSPS) is 27.2. The van der Waals surface area contributed by atoms with E-state index in [1.165, 1.54) is 16.9 Å². The van der Waals surface area contributed by atoms with Gasteiger partial charge in [-0.3, -0.25) is 15.0 Å². The highest BCUT2D eigenvalue weighted by molar-refractivity contribution is 7.13. The van der Waals surface area contributed by atoms with Gasteiger partial charge in [0.1, 0.15) is 5.51 Å². The predicted octanol–water partition coefficient (Wildman–Crippen LogP) is 1.90. The highest BCUT2D eigenvalue weighted by Gasteiger charge is 2.43. The van der Waals surface area contributed by atoms with E-state index in [2.05, 4.69) is 62.7 Å². The fraction of sp³-hybridized carbons (Fsp3) is 0.500. The Labute approximate surface area is 151 Å². The number of likely N-dealkylation sites (tertiary alicyclic amines) is 2. The largest absolute Gasteiger partial charge is 0.302 e. The number of hydrogen-bond donors (Lipinski definition) is 1. The summed E-state index contributed by atoms with van der Waals surface area (Å²) in [6, 6.07) is 11.4. The summed E-state index contributed by atoms with van der Waals surface area (Å²) in [6.07, 6.45) is 1.12. The van der Waals surface area contributed by atoms with Crippen molar-refractivity contribution in [2.24, 2.45) is 5.92 Å². The molecular formula is C18H23N5OS. The van der Waals surface area contributed by atoms with Gasteiger partial charge in [0.15, 0.2) is 0 Å². The first-order chi connectivity index (χ1) is 12.2. The fourth-order valence-electron chi connectivity index (χ4n) is 4.35. The quantitative estimate of drug-likeness (QED) is 0.906. The molecule has 1 aromatic heterocycles.